The van der Waals surface area contributed by atoms with Crippen molar-refractivity contribution >= 4 is 17.6 Å². The molecule has 0 saturated carbocycles. The predicted octanol–water partition coefficient (Wildman–Crippen LogP) is 1.47. The smallest absolute Gasteiger partial charge is 0.315 e. The Morgan fingerprint density at radius 2 is 1.91 bits per heavy atom. The van der Waals surface area contributed by atoms with E-state index >= 15 is 0 Å². The molecule has 0 bridgehead atoms. The van der Waals surface area contributed by atoms with Crippen molar-refractivity contribution in [2.75, 3.05) is 39.4 Å². The highest BCUT2D eigenvalue weighted by molar-refractivity contribution is 6.30. The normalized spacial score (nSPS) is 14.8. The number of halogens is 1. The Hall–Kier alpha value is -1.74. The third kappa shape index (κ3) is 6.35. The maximum absolute atomic E-state index is 11.6. The molecule has 22 heavy (non-hydrogen) atoms. The van der Waals surface area contributed by atoms with Crippen LogP contribution in [0.2, 0.25) is 5.02 Å². The van der Waals surface area contributed by atoms with Crippen molar-refractivity contribution in [3.63, 3.8) is 0 Å². The van der Waals surface area contributed by atoms with Crippen molar-refractivity contribution < 1.29 is 9.53 Å². The number of carbonyl (C=O) groups is 1. The van der Waals surface area contributed by atoms with Crippen LogP contribution in [-0.4, -0.2) is 50.3 Å². The molecule has 1 aromatic carbocycles. The average molecular weight is 322 g/mol. The standard InChI is InChI=1S/C16H20ClN3O2/c17-15-5-3-14(4-6-15)13-19-16(21)18-7-1-2-8-20-9-11-22-12-10-20/h3-6H,7-13H2,(H2,18,19,21). The molecule has 0 atom stereocenters. The number of nitrogens with zero attached hydrogens (tertiary/aromatic N) is 1. The van der Waals surface area contributed by atoms with Crippen LogP contribution in [-0.2, 0) is 11.3 Å². The fourth-order valence-electron chi connectivity index (χ4n) is 1.96. The number of carbonyl (C=O) groups excluding carboxylic acids is 1. The Bertz CT molecular complexity index is 531. The fraction of sp³-hybridized carbons (Fsp3) is 0.438. The van der Waals surface area contributed by atoms with Crippen LogP contribution in [0.4, 0.5) is 4.79 Å². The molecule has 1 aliphatic rings. The van der Waals surface area contributed by atoms with Gasteiger partial charge < -0.3 is 15.4 Å². The van der Waals surface area contributed by atoms with Crippen molar-refractivity contribution in [3.05, 3.63) is 34.9 Å². The second kappa shape index (κ2) is 9.31. The van der Waals surface area contributed by atoms with E-state index in [0.717, 1.165) is 38.4 Å². The van der Waals surface area contributed by atoms with Gasteiger partial charge in [-0.05, 0) is 17.7 Å². The molecule has 6 heteroatoms. The summed E-state index contributed by atoms with van der Waals surface area (Å²) < 4.78 is 5.27. The fourth-order valence-corrected chi connectivity index (χ4v) is 2.09. The summed E-state index contributed by atoms with van der Waals surface area (Å²) in [6, 6.07) is 7.13. The Balaban J connectivity index is 1.58. The van der Waals surface area contributed by atoms with Crippen molar-refractivity contribution in [2.45, 2.75) is 6.54 Å². The number of hydrogen-bond acceptors (Lipinski definition) is 3. The topological polar surface area (TPSA) is 53.6 Å². The van der Waals surface area contributed by atoms with E-state index in [-0.39, 0.29) is 6.03 Å². The van der Waals surface area contributed by atoms with Crippen LogP contribution in [0.25, 0.3) is 0 Å². The average Bonchev–Trinajstić information content (AvgIpc) is 2.55. The number of benzene rings is 1. The first-order chi connectivity index (χ1) is 10.7. The molecule has 1 fully saturated rings. The van der Waals surface area contributed by atoms with Gasteiger partial charge >= 0.3 is 6.03 Å². The lowest BCUT2D eigenvalue weighted by atomic mass is 10.2. The van der Waals surface area contributed by atoms with Crippen molar-refractivity contribution in [1.29, 1.82) is 0 Å². The van der Waals surface area contributed by atoms with E-state index in [1.807, 2.05) is 12.1 Å². The number of morpholine rings is 1. The van der Waals surface area contributed by atoms with Gasteiger partial charge in [0.15, 0.2) is 0 Å². The van der Waals surface area contributed by atoms with Gasteiger partial charge in [-0.25, -0.2) is 4.79 Å². The lowest BCUT2D eigenvalue weighted by Gasteiger charge is -2.24. The van der Waals surface area contributed by atoms with Gasteiger partial charge in [0.25, 0.3) is 0 Å². The highest BCUT2D eigenvalue weighted by Gasteiger charge is 2.07. The van der Waals surface area contributed by atoms with Gasteiger partial charge in [-0.1, -0.05) is 35.6 Å². The van der Waals surface area contributed by atoms with Crippen LogP contribution < -0.4 is 10.6 Å². The van der Waals surface area contributed by atoms with E-state index in [1.54, 1.807) is 12.1 Å². The molecule has 5 nitrogen and oxygen atoms in total. The highest BCUT2D eigenvalue weighted by atomic mass is 35.5. The molecule has 2 N–H and O–H groups in total. The SMILES string of the molecule is O=C(NCC#CCN1CCOCC1)NCc1ccc(Cl)cc1. The van der Waals surface area contributed by atoms with E-state index in [1.165, 1.54) is 0 Å². The third-order valence-electron chi connectivity index (χ3n) is 3.24. The van der Waals surface area contributed by atoms with Crippen LogP contribution in [0.3, 0.4) is 0 Å². The first kappa shape index (κ1) is 16.6. The second-order valence-electron chi connectivity index (χ2n) is 4.90. The monoisotopic (exact) mass is 321 g/mol. The van der Waals surface area contributed by atoms with E-state index in [4.69, 9.17) is 16.3 Å². The van der Waals surface area contributed by atoms with E-state index in [9.17, 15) is 4.79 Å². The molecule has 0 spiro atoms. The molecule has 1 saturated heterocycles. The largest absolute Gasteiger partial charge is 0.379 e. The summed E-state index contributed by atoms with van der Waals surface area (Å²) in [4.78, 5) is 13.8. The lowest BCUT2D eigenvalue weighted by molar-refractivity contribution is 0.0443. The Morgan fingerprint density at radius 1 is 1.18 bits per heavy atom. The molecule has 0 aliphatic carbocycles. The zero-order valence-corrected chi connectivity index (χ0v) is 13.2. The molecule has 1 heterocycles. The van der Waals surface area contributed by atoms with Crippen LogP contribution >= 0.6 is 11.6 Å². The van der Waals surface area contributed by atoms with E-state index in [0.29, 0.717) is 18.1 Å². The molecule has 0 aromatic heterocycles. The zero-order chi connectivity index (χ0) is 15.6. The number of urea groups is 1. The maximum Gasteiger partial charge on any atom is 0.315 e. The molecule has 0 radical (unpaired) electrons. The molecule has 1 aromatic rings. The van der Waals surface area contributed by atoms with Crippen LogP contribution in [0.15, 0.2) is 24.3 Å². The molecule has 0 unspecified atom stereocenters. The summed E-state index contributed by atoms with van der Waals surface area (Å²) in [6.07, 6.45) is 0. The molecule has 118 valence electrons. The number of nitrogens with one attached hydrogen (secondary N) is 2. The zero-order valence-electron chi connectivity index (χ0n) is 12.4. The number of hydrogen-bond donors (Lipinski definition) is 2. The minimum Gasteiger partial charge on any atom is -0.379 e. The summed E-state index contributed by atoms with van der Waals surface area (Å²) >= 11 is 5.80. The minimum absolute atomic E-state index is 0.226. The quantitative estimate of drug-likeness (QED) is 0.826. The van der Waals surface area contributed by atoms with Crippen LogP contribution in [0, 0.1) is 11.8 Å². The summed E-state index contributed by atoms with van der Waals surface area (Å²) in [5.74, 6) is 6.00. The summed E-state index contributed by atoms with van der Waals surface area (Å²) in [5.41, 5.74) is 0.998. The minimum atomic E-state index is -0.226. The Morgan fingerprint density at radius 3 is 2.64 bits per heavy atom. The van der Waals surface area contributed by atoms with Gasteiger partial charge in [-0.15, -0.1) is 0 Å². The molecule has 1 aliphatic heterocycles. The van der Waals surface area contributed by atoms with Crippen LogP contribution in [0.1, 0.15) is 5.56 Å². The van der Waals surface area contributed by atoms with E-state index < -0.39 is 0 Å². The number of rotatable bonds is 4. The number of ether oxygens (including phenoxy) is 1. The first-order valence-electron chi connectivity index (χ1n) is 7.26. The first-order valence-corrected chi connectivity index (χ1v) is 7.64. The van der Waals surface area contributed by atoms with Crippen molar-refractivity contribution in [1.82, 2.24) is 15.5 Å². The van der Waals surface area contributed by atoms with Crippen molar-refractivity contribution in [3.8, 4) is 11.8 Å². The summed E-state index contributed by atoms with van der Waals surface area (Å²) in [6.45, 7) is 4.91. The van der Waals surface area contributed by atoms with Gasteiger partial charge in [0, 0.05) is 24.7 Å². The Kier molecular flexibility index (Phi) is 7.04. The third-order valence-corrected chi connectivity index (χ3v) is 3.49. The number of amides is 2. The van der Waals surface area contributed by atoms with Gasteiger partial charge in [0.05, 0.1) is 26.3 Å². The van der Waals surface area contributed by atoms with Gasteiger partial charge in [-0.2, -0.15) is 0 Å². The molecule has 2 amide bonds. The van der Waals surface area contributed by atoms with Crippen molar-refractivity contribution in [2.24, 2.45) is 0 Å². The Labute approximate surface area is 136 Å². The maximum atomic E-state index is 11.6. The highest BCUT2D eigenvalue weighted by Crippen LogP contribution is 2.08. The summed E-state index contributed by atoms with van der Waals surface area (Å²) in [7, 11) is 0. The second-order valence-corrected chi connectivity index (χ2v) is 5.34. The van der Waals surface area contributed by atoms with E-state index in [2.05, 4.69) is 27.4 Å². The van der Waals surface area contributed by atoms with Crippen LogP contribution in [0.5, 0.6) is 0 Å². The molecular formula is C16H20ClN3O2. The van der Waals surface area contributed by atoms with Gasteiger partial charge in [0.2, 0.25) is 0 Å². The molecular weight excluding hydrogens is 302 g/mol. The lowest BCUT2D eigenvalue weighted by Crippen LogP contribution is -2.36. The van der Waals surface area contributed by atoms with Gasteiger partial charge in [-0.3, -0.25) is 4.90 Å². The molecule has 2 rings (SSSR count). The predicted molar refractivity (Wildman–Crippen MR) is 86.7 cm³/mol. The summed E-state index contributed by atoms with van der Waals surface area (Å²) in [5, 5.41) is 6.16. The van der Waals surface area contributed by atoms with Gasteiger partial charge in [0.1, 0.15) is 0 Å².